The van der Waals surface area contributed by atoms with E-state index in [9.17, 15) is 23.7 Å². The standard InChI is InChI=1S/C46H39O2S4.6FH.Sb/c1-45(2,3)28-12-11-13-31(24-28)52(32-20-22-41-36(27-32)44(48)34-15-8-10-17-39(34)51-41)42-23-19-30(26-37(42)46(4,5)6)49-29-18-21-40-35(25-29)43(47)33-14-7-9-16-38(33)50-40;;;;;;;/h7-27H,1-6H3;6*1H;/q+1;;;;;;;+5/p-6. The van der Waals surface area contributed by atoms with E-state index in [1.54, 1.807) is 34.4 Å². The van der Waals surface area contributed by atoms with Gasteiger partial charge in [0.2, 0.25) is 0 Å². The van der Waals surface area contributed by atoms with Gasteiger partial charge < -0.3 is 4.70 Å². The van der Waals surface area contributed by atoms with Crippen molar-refractivity contribution in [2.24, 2.45) is 0 Å². The summed E-state index contributed by atoms with van der Waals surface area (Å²) in [5.74, 6) is 0. The summed E-state index contributed by atoms with van der Waals surface area (Å²) in [5, 5.41) is 3.09. The summed E-state index contributed by atoms with van der Waals surface area (Å²) in [5.41, 5.74) is 2.55. The molecule has 1 atom stereocenters. The third-order valence-corrected chi connectivity index (χ3v) is 15.0. The molecule has 2 heterocycles. The van der Waals surface area contributed by atoms with Gasteiger partial charge in [0.1, 0.15) is 0 Å². The molecular weight excluding hydrogens is 949 g/mol. The average molecular weight is 988 g/mol. The van der Waals surface area contributed by atoms with Crippen molar-refractivity contribution in [1.82, 2.24) is 0 Å². The Hall–Kier alpha value is -3.80. The molecular formula is C46H39F6O2S4Sb. The van der Waals surface area contributed by atoms with Gasteiger partial charge in [-0.1, -0.05) is 89.7 Å². The molecule has 0 bridgehead atoms. The summed E-state index contributed by atoms with van der Waals surface area (Å²) in [6, 6.07) is 44.5. The van der Waals surface area contributed by atoms with Gasteiger partial charge in [0.05, 0.1) is 10.9 Å². The molecule has 2 aromatic heterocycles. The van der Waals surface area contributed by atoms with Crippen LogP contribution in [0.5, 0.6) is 0 Å². The van der Waals surface area contributed by atoms with E-state index in [-0.39, 0.29) is 26.4 Å². The number of benzene rings is 6. The van der Waals surface area contributed by atoms with Gasteiger partial charge >= 0.3 is 34.4 Å². The van der Waals surface area contributed by atoms with Gasteiger partial charge in [0.15, 0.2) is 25.5 Å². The molecule has 0 fully saturated rings. The Kier molecular flexibility index (Phi) is 12.6. The molecule has 8 aromatic rings. The van der Waals surface area contributed by atoms with Crippen LogP contribution < -0.4 is 15.6 Å². The Labute approximate surface area is 357 Å². The zero-order valence-corrected chi connectivity index (χ0v) is 38.6. The van der Waals surface area contributed by atoms with Crippen LogP contribution in [0.4, 0.5) is 14.1 Å². The fraction of sp³-hybridized carbons (Fsp3) is 0.174. The Morgan fingerprint density at radius 1 is 0.508 bits per heavy atom. The first kappa shape index (κ1) is 44.7. The second-order valence-corrected chi connectivity index (χ2v) is 24.9. The van der Waals surface area contributed by atoms with Crippen LogP contribution in [0, 0.1) is 0 Å². The van der Waals surface area contributed by atoms with E-state index in [1.165, 1.54) is 20.9 Å². The Bertz CT molecular complexity index is 2980. The molecule has 6 aromatic carbocycles. The molecule has 0 aliphatic rings. The van der Waals surface area contributed by atoms with Crippen molar-refractivity contribution >= 4 is 106 Å². The van der Waals surface area contributed by atoms with Crippen molar-refractivity contribution in [3.63, 3.8) is 0 Å². The maximum atomic E-state index is 13.9. The van der Waals surface area contributed by atoms with E-state index >= 15 is 0 Å². The minimum absolute atomic E-state index is 0. The van der Waals surface area contributed by atoms with Crippen molar-refractivity contribution in [1.29, 1.82) is 0 Å². The van der Waals surface area contributed by atoms with E-state index in [0.717, 1.165) is 55.0 Å². The number of hydrogen-bond donors (Lipinski definition) is 0. The minimum atomic E-state index is -9.19. The third-order valence-electron chi connectivity index (χ3n) is 9.48. The molecule has 0 aliphatic carbocycles. The predicted molar refractivity (Wildman–Crippen MR) is 239 cm³/mol. The van der Waals surface area contributed by atoms with Crippen LogP contribution in [-0.2, 0) is 21.7 Å². The van der Waals surface area contributed by atoms with E-state index in [1.807, 2.05) is 48.5 Å². The predicted octanol–water partition coefficient (Wildman–Crippen LogP) is 11.7. The van der Waals surface area contributed by atoms with Crippen LogP contribution in [0.15, 0.2) is 161 Å². The number of halogens is 6. The Morgan fingerprint density at radius 2 is 0.983 bits per heavy atom. The SMILES string of the molecule is CC(C)(C)c1cccc([S+](c2ccc3sc4ccccc4c(=O)c3c2)c2ccc(Sc3ccc4sc5ccccc5c(=O)c4c3)cc2C(C)(C)C)c1.[F-].[F][Sb]([F])([F])([F])[F]. The normalized spacial score (nSPS) is 13.4. The van der Waals surface area contributed by atoms with Crippen LogP contribution in [-0.4, -0.2) is 20.3 Å². The van der Waals surface area contributed by atoms with Gasteiger partial charge in [-0.15, -0.1) is 22.7 Å². The Morgan fingerprint density at radius 3 is 1.54 bits per heavy atom. The van der Waals surface area contributed by atoms with Gasteiger partial charge in [0, 0.05) is 61.8 Å². The molecule has 59 heavy (non-hydrogen) atoms. The summed E-state index contributed by atoms with van der Waals surface area (Å²) < 4.78 is 53.6. The molecule has 2 nitrogen and oxygen atoms in total. The summed E-state index contributed by atoms with van der Waals surface area (Å²) in [6.07, 6.45) is 0. The zero-order valence-electron chi connectivity index (χ0n) is 32.8. The van der Waals surface area contributed by atoms with E-state index < -0.39 is 31.2 Å². The van der Waals surface area contributed by atoms with Crippen LogP contribution in [0.2, 0.25) is 0 Å². The monoisotopic (exact) mass is 986 g/mol. The molecule has 13 heteroatoms. The first-order valence-corrected chi connectivity index (χ1v) is 26.8. The fourth-order valence-electron chi connectivity index (χ4n) is 6.71. The van der Waals surface area contributed by atoms with Crippen molar-refractivity contribution in [3.05, 3.63) is 159 Å². The first-order valence-electron chi connectivity index (χ1n) is 18.3. The van der Waals surface area contributed by atoms with Crippen LogP contribution in [0.1, 0.15) is 52.7 Å². The molecule has 0 saturated heterocycles. The Balaban J connectivity index is 0.000000779. The summed E-state index contributed by atoms with van der Waals surface area (Å²) >= 11 is -4.15. The molecule has 0 amide bonds. The van der Waals surface area contributed by atoms with Crippen LogP contribution >= 0.6 is 34.4 Å². The van der Waals surface area contributed by atoms with E-state index in [0.29, 0.717) is 0 Å². The van der Waals surface area contributed by atoms with Gasteiger partial charge in [-0.25, -0.2) is 0 Å². The number of rotatable bonds is 5. The fourth-order valence-corrected chi connectivity index (χ4v) is 12.2. The first-order chi connectivity index (χ1) is 27.1. The number of hydrogen-bond acceptors (Lipinski definition) is 5. The quantitative estimate of drug-likeness (QED) is 0.0746. The second kappa shape index (κ2) is 16.6. The van der Waals surface area contributed by atoms with Gasteiger partial charge in [-0.2, -0.15) is 0 Å². The van der Waals surface area contributed by atoms with Gasteiger partial charge in [0.25, 0.3) is 0 Å². The average Bonchev–Trinajstić information content (AvgIpc) is 3.14. The summed E-state index contributed by atoms with van der Waals surface area (Å²) in [4.78, 5) is 33.2. The second-order valence-electron chi connectivity index (χ2n) is 15.9. The molecule has 0 saturated carbocycles. The van der Waals surface area contributed by atoms with Gasteiger partial charge in [-0.05, 0) is 101 Å². The maximum absolute atomic E-state index is 13.9. The van der Waals surface area contributed by atoms with E-state index in [4.69, 9.17) is 0 Å². The molecule has 0 radical (unpaired) electrons. The van der Waals surface area contributed by atoms with Crippen LogP contribution in [0.3, 0.4) is 0 Å². The third kappa shape index (κ3) is 10.4. The van der Waals surface area contributed by atoms with Crippen molar-refractivity contribution in [2.75, 3.05) is 0 Å². The molecule has 0 spiro atoms. The summed E-state index contributed by atoms with van der Waals surface area (Å²) in [7, 11) is -0.489. The molecule has 1 unspecified atom stereocenters. The molecule has 0 N–H and O–H groups in total. The van der Waals surface area contributed by atoms with Crippen molar-refractivity contribution < 1.29 is 18.8 Å². The zero-order chi connectivity index (χ0) is 41.8. The van der Waals surface area contributed by atoms with Crippen molar-refractivity contribution in [2.45, 2.75) is 76.8 Å². The molecule has 0 aliphatic heterocycles. The molecule has 8 rings (SSSR count). The van der Waals surface area contributed by atoms with Crippen LogP contribution in [0.25, 0.3) is 40.3 Å². The summed E-state index contributed by atoms with van der Waals surface area (Å²) in [6.45, 7) is 13.6. The van der Waals surface area contributed by atoms with Gasteiger partial charge in [-0.3, -0.25) is 9.59 Å². The van der Waals surface area contributed by atoms with Crippen molar-refractivity contribution in [3.8, 4) is 0 Å². The van der Waals surface area contributed by atoms with E-state index in [2.05, 4.69) is 120 Å². The topological polar surface area (TPSA) is 34.1 Å². The number of fused-ring (bicyclic) bond motifs is 4. The molecule has 306 valence electrons.